The van der Waals surface area contributed by atoms with Gasteiger partial charge in [-0.25, -0.2) is 0 Å². The number of rotatable bonds is 5. The van der Waals surface area contributed by atoms with Crippen molar-refractivity contribution in [1.29, 1.82) is 0 Å². The van der Waals surface area contributed by atoms with Crippen LogP contribution >= 0.6 is 0 Å². The Bertz CT molecular complexity index is 185. The van der Waals surface area contributed by atoms with Gasteiger partial charge in [-0.3, -0.25) is 0 Å². The van der Waals surface area contributed by atoms with Gasteiger partial charge in [-0.2, -0.15) is 0 Å². The van der Waals surface area contributed by atoms with Crippen LogP contribution in [0, 0.1) is 5.92 Å². The topological polar surface area (TPSA) is 35.2 Å². The maximum Gasteiger partial charge on any atom is 0.191 e. The zero-order valence-corrected chi connectivity index (χ0v) is 12.6. The van der Waals surface area contributed by atoms with Crippen LogP contribution in [-0.2, 0) is 4.43 Å². The Morgan fingerprint density at radius 1 is 1.20 bits per heavy atom. The standard InChI is InChI=1S/C12H29NOSi/c1-10(8-11(2)13)9-14-15(6,7)12(3,4)5/h10-11H,8-9,13H2,1-7H3/t10?,11-/m0/s1. The van der Waals surface area contributed by atoms with Crippen molar-refractivity contribution < 1.29 is 4.43 Å². The van der Waals surface area contributed by atoms with E-state index in [1.807, 2.05) is 0 Å². The van der Waals surface area contributed by atoms with Gasteiger partial charge < -0.3 is 10.2 Å². The molecule has 0 aromatic carbocycles. The minimum absolute atomic E-state index is 0.281. The fourth-order valence-electron chi connectivity index (χ4n) is 1.27. The van der Waals surface area contributed by atoms with Crippen molar-refractivity contribution in [3.8, 4) is 0 Å². The average Bonchev–Trinajstić information content (AvgIpc) is 1.97. The summed E-state index contributed by atoms with van der Waals surface area (Å²) in [5, 5.41) is 0.307. The molecule has 0 saturated heterocycles. The molecule has 2 nitrogen and oxygen atoms in total. The van der Waals surface area contributed by atoms with E-state index in [0.717, 1.165) is 13.0 Å². The minimum atomic E-state index is -1.56. The first-order valence-electron chi connectivity index (χ1n) is 5.96. The van der Waals surface area contributed by atoms with Gasteiger partial charge in [-0.1, -0.05) is 27.7 Å². The maximum absolute atomic E-state index is 6.14. The summed E-state index contributed by atoms with van der Waals surface area (Å²) in [6.45, 7) is 16.6. The van der Waals surface area contributed by atoms with Crippen molar-refractivity contribution in [2.45, 2.75) is 65.2 Å². The predicted octanol–water partition coefficient (Wildman–Crippen LogP) is 3.38. The molecule has 2 atom stereocenters. The molecule has 0 saturated carbocycles. The lowest BCUT2D eigenvalue weighted by Crippen LogP contribution is -2.42. The highest BCUT2D eigenvalue weighted by molar-refractivity contribution is 6.74. The molecule has 0 aliphatic carbocycles. The highest BCUT2D eigenvalue weighted by atomic mass is 28.4. The molecule has 0 bridgehead atoms. The van der Waals surface area contributed by atoms with Crippen LogP contribution in [0.25, 0.3) is 0 Å². The molecule has 0 amide bonds. The van der Waals surface area contributed by atoms with Gasteiger partial charge in [0.1, 0.15) is 0 Å². The molecular weight excluding hydrogens is 202 g/mol. The summed E-state index contributed by atoms with van der Waals surface area (Å²) in [5.41, 5.74) is 5.77. The summed E-state index contributed by atoms with van der Waals surface area (Å²) in [6.07, 6.45) is 1.05. The zero-order chi connectivity index (χ0) is 12.3. The Hall–Kier alpha value is 0.137. The third-order valence-electron chi connectivity index (χ3n) is 3.31. The SMILES string of the molecule is CC(CO[Si](C)(C)C(C)(C)C)C[C@H](C)N. The molecule has 0 aliphatic rings. The van der Waals surface area contributed by atoms with E-state index >= 15 is 0 Å². The Kier molecular flexibility index (Phi) is 5.51. The van der Waals surface area contributed by atoms with Crippen molar-refractivity contribution in [2.75, 3.05) is 6.61 Å². The number of hydrogen-bond acceptors (Lipinski definition) is 2. The summed E-state index contributed by atoms with van der Waals surface area (Å²) in [4.78, 5) is 0. The third kappa shape index (κ3) is 5.69. The molecule has 0 radical (unpaired) electrons. The van der Waals surface area contributed by atoms with Crippen LogP contribution in [0.2, 0.25) is 18.1 Å². The third-order valence-corrected chi connectivity index (χ3v) is 7.81. The van der Waals surface area contributed by atoms with Crippen molar-refractivity contribution in [3.63, 3.8) is 0 Å². The van der Waals surface area contributed by atoms with Crippen molar-refractivity contribution in [3.05, 3.63) is 0 Å². The maximum atomic E-state index is 6.14. The highest BCUT2D eigenvalue weighted by Crippen LogP contribution is 2.36. The Balaban J connectivity index is 4.04. The molecular formula is C12H29NOSi. The van der Waals surface area contributed by atoms with Crippen LogP contribution in [0.1, 0.15) is 41.0 Å². The van der Waals surface area contributed by atoms with Crippen LogP contribution < -0.4 is 5.73 Å². The largest absolute Gasteiger partial charge is 0.417 e. The lowest BCUT2D eigenvalue weighted by atomic mass is 10.1. The number of hydrogen-bond donors (Lipinski definition) is 1. The minimum Gasteiger partial charge on any atom is -0.417 e. The molecule has 3 heteroatoms. The molecule has 0 fully saturated rings. The van der Waals surface area contributed by atoms with E-state index in [2.05, 4.69) is 47.7 Å². The molecule has 15 heavy (non-hydrogen) atoms. The van der Waals surface area contributed by atoms with Gasteiger partial charge in [0, 0.05) is 12.6 Å². The normalized spacial score (nSPS) is 17.6. The predicted molar refractivity (Wildman–Crippen MR) is 70.6 cm³/mol. The van der Waals surface area contributed by atoms with Gasteiger partial charge >= 0.3 is 0 Å². The second kappa shape index (κ2) is 5.46. The Morgan fingerprint density at radius 2 is 1.67 bits per heavy atom. The second-order valence-corrected chi connectivity index (χ2v) is 11.2. The van der Waals surface area contributed by atoms with Crippen molar-refractivity contribution in [1.82, 2.24) is 0 Å². The zero-order valence-electron chi connectivity index (χ0n) is 11.6. The summed E-state index contributed by atoms with van der Waals surface area (Å²) < 4.78 is 6.14. The van der Waals surface area contributed by atoms with Crippen molar-refractivity contribution in [2.24, 2.45) is 11.7 Å². The Labute approximate surface area is 96.7 Å². The first kappa shape index (κ1) is 15.1. The second-order valence-electron chi connectivity index (χ2n) is 6.39. The first-order valence-corrected chi connectivity index (χ1v) is 8.86. The molecule has 92 valence electrons. The monoisotopic (exact) mass is 231 g/mol. The molecule has 0 aromatic rings. The lowest BCUT2D eigenvalue weighted by molar-refractivity contribution is 0.226. The summed E-state index contributed by atoms with van der Waals surface area (Å²) in [7, 11) is -1.56. The highest BCUT2D eigenvalue weighted by Gasteiger charge is 2.37. The molecule has 0 spiro atoms. The van der Waals surface area contributed by atoms with Gasteiger partial charge in [-0.05, 0) is 37.4 Å². The fraction of sp³-hybridized carbons (Fsp3) is 1.00. The average molecular weight is 231 g/mol. The first-order chi connectivity index (χ1) is 6.56. The van der Waals surface area contributed by atoms with E-state index in [1.165, 1.54) is 0 Å². The van der Waals surface area contributed by atoms with E-state index in [9.17, 15) is 0 Å². The van der Waals surface area contributed by atoms with Gasteiger partial charge in [0.2, 0.25) is 0 Å². The van der Waals surface area contributed by atoms with E-state index in [0.29, 0.717) is 11.0 Å². The summed E-state index contributed by atoms with van der Waals surface area (Å²) in [5.74, 6) is 0.569. The van der Waals surface area contributed by atoms with Gasteiger partial charge in [0.25, 0.3) is 0 Å². The van der Waals surface area contributed by atoms with Crippen LogP contribution in [0.15, 0.2) is 0 Å². The van der Waals surface area contributed by atoms with E-state index in [-0.39, 0.29) is 6.04 Å². The van der Waals surface area contributed by atoms with E-state index in [4.69, 9.17) is 10.2 Å². The van der Waals surface area contributed by atoms with Crippen LogP contribution in [0.4, 0.5) is 0 Å². The molecule has 1 unspecified atom stereocenters. The van der Waals surface area contributed by atoms with Crippen molar-refractivity contribution >= 4 is 8.32 Å². The molecule has 0 aromatic heterocycles. The fourth-order valence-corrected chi connectivity index (χ4v) is 2.40. The molecule has 0 heterocycles. The van der Waals surface area contributed by atoms with Gasteiger partial charge in [-0.15, -0.1) is 0 Å². The van der Waals surface area contributed by atoms with E-state index in [1.54, 1.807) is 0 Å². The van der Waals surface area contributed by atoms with Crippen LogP contribution in [0.3, 0.4) is 0 Å². The smallest absolute Gasteiger partial charge is 0.191 e. The van der Waals surface area contributed by atoms with E-state index < -0.39 is 8.32 Å². The van der Waals surface area contributed by atoms with Gasteiger partial charge in [0.05, 0.1) is 0 Å². The summed E-state index contributed by atoms with van der Waals surface area (Å²) in [6, 6.07) is 0.281. The van der Waals surface area contributed by atoms with Gasteiger partial charge in [0.15, 0.2) is 8.32 Å². The molecule has 2 N–H and O–H groups in total. The number of nitrogens with two attached hydrogens (primary N) is 1. The molecule has 0 aliphatic heterocycles. The van der Waals surface area contributed by atoms with Crippen LogP contribution in [0.5, 0.6) is 0 Å². The quantitative estimate of drug-likeness (QED) is 0.736. The lowest BCUT2D eigenvalue weighted by Gasteiger charge is -2.37. The molecule has 0 rings (SSSR count). The Morgan fingerprint density at radius 3 is 2.00 bits per heavy atom. The van der Waals surface area contributed by atoms with Crippen LogP contribution in [-0.4, -0.2) is 21.0 Å². The summed E-state index contributed by atoms with van der Waals surface area (Å²) >= 11 is 0.